The van der Waals surface area contributed by atoms with Crippen molar-refractivity contribution in [1.82, 2.24) is 15.1 Å². The van der Waals surface area contributed by atoms with E-state index in [-0.39, 0.29) is 23.8 Å². The Hall–Kier alpha value is -1.89. The fourth-order valence-electron chi connectivity index (χ4n) is 1.01. The molecule has 0 unspecified atom stereocenters. The summed E-state index contributed by atoms with van der Waals surface area (Å²) in [6, 6.07) is 0. The highest BCUT2D eigenvalue weighted by atomic mass is 16.4. The molecular weight excluding hydrogens is 200 g/mol. The molecule has 3 N–H and O–H groups in total. The van der Waals surface area contributed by atoms with Crippen LogP contribution in [0.2, 0.25) is 0 Å². The first-order valence-electron chi connectivity index (χ1n) is 4.22. The third-order valence-corrected chi connectivity index (χ3v) is 1.59. The molecule has 7 heteroatoms. The number of carboxylic acid groups (broad SMARTS) is 1. The van der Waals surface area contributed by atoms with Crippen molar-refractivity contribution in [3.8, 4) is 0 Å². The van der Waals surface area contributed by atoms with Crippen molar-refractivity contribution in [3.05, 3.63) is 11.8 Å². The molecule has 0 radical (unpaired) electrons. The third kappa shape index (κ3) is 3.06. The van der Waals surface area contributed by atoms with Gasteiger partial charge in [0.15, 0.2) is 0 Å². The lowest BCUT2D eigenvalue weighted by molar-refractivity contribution is -0.116. The standard InChI is InChI=1S/C8H12N4O3/c1-12(2)4-6(13)10-7-5(8(14)15)3-9-11-7/h3H,4H2,1-2H3,(H,14,15)(H2,9,10,11,13). The zero-order valence-electron chi connectivity index (χ0n) is 8.44. The van der Waals surface area contributed by atoms with Gasteiger partial charge in [0.05, 0.1) is 12.7 Å². The molecule has 0 spiro atoms. The highest BCUT2D eigenvalue weighted by Crippen LogP contribution is 2.09. The molecule has 15 heavy (non-hydrogen) atoms. The van der Waals surface area contributed by atoms with Crippen molar-refractivity contribution in [2.24, 2.45) is 0 Å². The van der Waals surface area contributed by atoms with Crippen LogP contribution in [0, 0.1) is 0 Å². The smallest absolute Gasteiger partial charge is 0.341 e. The fraction of sp³-hybridized carbons (Fsp3) is 0.375. The van der Waals surface area contributed by atoms with Gasteiger partial charge in [-0.1, -0.05) is 0 Å². The van der Waals surface area contributed by atoms with E-state index in [1.54, 1.807) is 19.0 Å². The SMILES string of the molecule is CN(C)CC(=O)Nc1[nH]ncc1C(=O)O. The van der Waals surface area contributed by atoms with Crippen molar-refractivity contribution in [1.29, 1.82) is 0 Å². The number of aromatic carboxylic acids is 1. The minimum absolute atomic E-state index is 0.0536. The van der Waals surface area contributed by atoms with Gasteiger partial charge in [-0.2, -0.15) is 5.10 Å². The Morgan fingerprint density at radius 3 is 2.80 bits per heavy atom. The summed E-state index contributed by atoms with van der Waals surface area (Å²) >= 11 is 0. The molecule has 0 aliphatic heterocycles. The van der Waals surface area contributed by atoms with Crippen LogP contribution in [0.1, 0.15) is 10.4 Å². The lowest BCUT2D eigenvalue weighted by Gasteiger charge is -2.08. The van der Waals surface area contributed by atoms with Crippen LogP contribution in [0.3, 0.4) is 0 Å². The van der Waals surface area contributed by atoms with Crippen LogP contribution in [0.5, 0.6) is 0 Å². The molecule has 7 nitrogen and oxygen atoms in total. The number of amides is 1. The van der Waals surface area contributed by atoms with Gasteiger partial charge >= 0.3 is 5.97 Å². The lowest BCUT2D eigenvalue weighted by atomic mass is 10.3. The Morgan fingerprint density at radius 1 is 1.60 bits per heavy atom. The number of aromatic nitrogens is 2. The Kier molecular flexibility index (Phi) is 3.40. The molecule has 1 aromatic heterocycles. The van der Waals surface area contributed by atoms with Crippen LogP contribution < -0.4 is 5.32 Å². The van der Waals surface area contributed by atoms with Gasteiger partial charge in [0.25, 0.3) is 0 Å². The van der Waals surface area contributed by atoms with Gasteiger partial charge in [0.2, 0.25) is 5.91 Å². The second-order valence-corrected chi connectivity index (χ2v) is 3.25. The van der Waals surface area contributed by atoms with E-state index in [9.17, 15) is 9.59 Å². The minimum Gasteiger partial charge on any atom is -0.477 e. The summed E-state index contributed by atoms with van der Waals surface area (Å²) in [7, 11) is 3.48. The normalized spacial score (nSPS) is 10.3. The maximum atomic E-state index is 11.3. The molecular formula is C8H12N4O3. The average molecular weight is 212 g/mol. The maximum Gasteiger partial charge on any atom is 0.341 e. The third-order valence-electron chi connectivity index (χ3n) is 1.59. The summed E-state index contributed by atoms with van der Waals surface area (Å²) in [5.74, 6) is -1.33. The number of likely N-dealkylation sites (N-methyl/N-ethyl adjacent to an activating group) is 1. The predicted molar refractivity (Wildman–Crippen MR) is 52.7 cm³/mol. The molecule has 0 aromatic carbocycles. The van der Waals surface area contributed by atoms with Crippen molar-refractivity contribution < 1.29 is 14.7 Å². The van der Waals surface area contributed by atoms with E-state index in [4.69, 9.17) is 5.11 Å². The topological polar surface area (TPSA) is 98.3 Å². The Bertz CT molecular complexity index is 372. The van der Waals surface area contributed by atoms with E-state index in [0.717, 1.165) is 6.20 Å². The van der Waals surface area contributed by atoms with Gasteiger partial charge in [-0.3, -0.25) is 9.89 Å². The fourth-order valence-corrected chi connectivity index (χ4v) is 1.01. The lowest BCUT2D eigenvalue weighted by Crippen LogP contribution is -2.27. The maximum absolute atomic E-state index is 11.3. The average Bonchev–Trinajstić information content (AvgIpc) is 2.50. The number of rotatable bonds is 4. The molecule has 0 saturated carbocycles. The molecule has 1 aromatic rings. The van der Waals surface area contributed by atoms with Crippen LogP contribution >= 0.6 is 0 Å². The van der Waals surface area contributed by atoms with Crippen molar-refractivity contribution in [2.75, 3.05) is 26.0 Å². The monoisotopic (exact) mass is 212 g/mol. The second-order valence-electron chi connectivity index (χ2n) is 3.25. The molecule has 82 valence electrons. The number of hydrogen-bond donors (Lipinski definition) is 3. The first-order valence-corrected chi connectivity index (χ1v) is 4.22. The Balaban J connectivity index is 2.68. The number of carboxylic acids is 1. The first-order chi connectivity index (χ1) is 7.00. The number of H-pyrrole nitrogens is 1. The second kappa shape index (κ2) is 4.56. The van der Waals surface area contributed by atoms with E-state index in [2.05, 4.69) is 15.5 Å². The van der Waals surface area contributed by atoms with Crippen LogP contribution in [0.15, 0.2) is 6.20 Å². The summed E-state index contributed by atoms with van der Waals surface area (Å²) in [5.41, 5.74) is -0.0536. The van der Waals surface area contributed by atoms with Gasteiger partial charge in [0, 0.05) is 0 Å². The number of nitrogens with zero attached hydrogens (tertiary/aromatic N) is 2. The van der Waals surface area contributed by atoms with Gasteiger partial charge in [0.1, 0.15) is 11.4 Å². The number of hydrogen-bond acceptors (Lipinski definition) is 4. The van der Waals surface area contributed by atoms with E-state index < -0.39 is 5.97 Å². The van der Waals surface area contributed by atoms with Crippen LogP contribution in [-0.4, -0.2) is 52.7 Å². The molecule has 1 amide bonds. The largest absolute Gasteiger partial charge is 0.477 e. The predicted octanol–water partition coefficient (Wildman–Crippen LogP) is -0.392. The van der Waals surface area contributed by atoms with E-state index in [1.165, 1.54) is 0 Å². The highest BCUT2D eigenvalue weighted by molar-refractivity contribution is 5.99. The van der Waals surface area contributed by atoms with Gasteiger partial charge in [-0.05, 0) is 14.1 Å². The number of nitrogens with one attached hydrogen (secondary N) is 2. The summed E-state index contributed by atoms with van der Waals surface area (Å²) < 4.78 is 0. The molecule has 1 heterocycles. The zero-order chi connectivity index (χ0) is 11.4. The number of carbonyl (C=O) groups excluding carboxylic acids is 1. The van der Waals surface area contributed by atoms with E-state index >= 15 is 0 Å². The van der Waals surface area contributed by atoms with Crippen LogP contribution in [-0.2, 0) is 4.79 Å². The number of anilines is 1. The molecule has 0 saturated heterocycles. The first kappa shape index (κ1) is 11.2. The Labute approximate surface area is 86.1 Å². The van der Waals surface area contributed by atoms with E-state index in [1.807, 2.05) is 0 Å². The summed E-state index contributed by atoms with van der Waals surface area (Å²) in [6.07, 6.45) is 1.15. The van der Waals surface area contributed by atoms with Gasteiger partial charge < -0.3 is 15.3 Å². The van der Waals surface area contributed by atoms with Gasteiger partial charge in [-0.15, -0.1) is 0 Å². The molecule has 0 aliphatic rings. The van der Waals surface area contributed by atoms with Crippen LogP contribution in [0.25, 0.3) is 0 Å². The molecule has 0 aliphatic carbocycles. The highest BCUT2D eigenvalue weighted by Gasteiger charge is 2.14. The molecule has 1 rings (SSSR count). The van der Waals surface area contributed by atoms with Gasteiger partial charge in [-0.25, -0.2) is 4.79 Å². The summed E-state index contributed by atoms with van der Waals surface area (Å²) in [5, 5.41) is 17.1. The Morgan fingerprint density at radius 2 is 2.27 bits per heavy atom. The molecule has 0 fully saturated rings. The van der Waals surface area contributed by atoms with Crippen LogP contribution in [0.4, 0.5) is 5.82 Å². The van der Waals surface area contributed by atoms with E-state index in [0.29, 0.717) is 0 Å². The quantitative estimate of drug-likeness (QED) is 0.631. The number of aromatic amines is 1. The number of carbonyl (C=O) groups is 2. The minimum atomic E-state index is -1.14. The van der Waals surface area contributed by atoms with Crippen molar-refractivity contribution in [3.63, 3.8) is 0 Å². The molecule has 0 bridgehead atoms. The van der Waals surface area contributed by atoms with Crippen molar-refractivity contribution >= 4 is 17.7 Å². The van der Waals surface area contributed by atoms with Crippen molar-refractivity contribution in [2.45, 2.75) is 0 Å². The zero-order valence-corrected chi connectivity index (χ0v) is 8.44. The molecule has 0 atom stereocenters. The summed E-state index contributed by atoms with van der Waals surface area (Å²) in [4.78, 5) is 23.6. The summed E-state index contributed by atoms with van der Waals surface area (Å²) in [6.45, 7) is 0.179.